The van der Waals surface area contributed by atoms with E-state index in [1.54, 1.807) is 34.9 Å². The van der Waals surface area contributed by atoms with Crippen LogP contribution in [0.3, 0.4) is 0 Å². The van der Waals surface area contributed by atoms with Gasteiger partial charge >= 0.3 is 0 Å². The fourth-order valence-electron chi connectivity index (χ4n) is 2.26. The topological polar surface area (TPSA) is 102 Å². The van der Waals surface area contributed by atoms with E-state index in [1.807, 2.05) is 18.2 Å². The molecule has 0 unspecified atom stereocenters. The number of rotatable bonds is 9. The van der Waals surface area contributed by atoms with Gasteiger partial charge in [0.25, 0.3) is 0 Å². The van der Waals surface area contributed by atoms with Crippen molar-refractivity contribution < 1.29 is 0 Å². The summed E-state index contributed by atoms with van der Waals surface area (Å²) in [5.41, 5.74) is 8.04. The molecule has 3 aromatic rings. The molecule has 27 heavy (non-hydrogen) atoms. The third-order valence-electron chi connectivity index (χ3n) is 3.49. The first-order valence-corrected chi connectivity index (χ1v) is 11.4. The van der Waals surface area contributed by atoms with Crippen LogP contribution < -0.4 is 11.1 Å². The third kappa shape index (κ3) is 5.78. The normalized spacial score (nSPS) is 10.9. The molecule has 0 aliphatic heterocycles. The molecule has 0 atom stereocenters. The molecule has 0 saturated carbocycles. The van der Waals surface area contributed by atoms with Gasteiger partial charge in [0.05, 0.1) is 5.75 Å². The van der Waals surface area contributed by atoms with E-state index < -0.39 is 0 Å². The van der Waals surface area contributed by atoms with Crippen molar-refractivity contribution >= 4 is 52.4 Å². The first-order valence-electron chi connectivity index (χ1n) is 8.62. The van der Waals surface area contributed by atoms with Crippen molar-refractivity contribution in [2.45, 2.75) is 41.1 Å². The number of aromatic nitrogens is 5. The number of thioether (sulfide) groups is 2. The molecule has 3 rings (SSSR count). The van der Waals surface area contributed by atoms with Crippen LogP contribution in [0.2, 0.25) is 0 Å². The van der Waals surface area contributed by atoms with E-state index >= 15 is 0 Å². The first-order chi connectivity index (χ1) is 13.2. The summed E-state index contributed by atoms with van der Waals surface area (Å²) in [5, 5.41) is 11.7. The van der Waals surface area contributed by atoms with Crippen LogP contribution in [0.4, 0.5) is 17.6 Å². The summed E-state index contributed by atoms with van der Waals surface area (Å²) in [6.07, 6.45) is 2.04. The van der Waals surface area contributed by atoms with E-state index in [9.17, 15) is 0 Å². The molecule has 3 N–H and O–H groups in total. The van der Waals surface area contributed by atoms with Crippen molar-refractivity contribution in [3.63, 3.8) is 0 Å². The maximum Gasteiger partial charge on any atom is 0.232 e. The Hall–Kier alpha value is -1.91. The number of hydrogen-bond acceptors (Lipinski definition) is 10. The summed E-state index contributed by atoms with van der Waals surface area (Å²) in [6.45, 7) is 4.26. The highest BCUT2D eigenvalue weighted by atomic mass is 32.2. The zero-order valence-corrected chi connectivity index (χ0v) is 17.6. The van der Waals surface area contributed by atoms with E-state index in [2.05, 4.69) is 50.4 Å². The highest BCUT2D eigenvalue weighted by Crippen LogP contribution is 2.30. The highest BCUT2D eigenvalue weighted by Gasteiger charge is 2.10. The van der Waals surface area contributed by atoms with Crippen LogP contribution >= 0.6 is 34.9 Å². The van der Waals surface area contributed by atoms with Crippen LogP contribution in [0.15, 0.2) is 32.9 Å². The van der Waals surface area contributed by atoms with E-state index in [0.29, 0.717) is 17.5 Å². The van der Waals surface area contributed by atoms with Crippen LogP contribution in [0.25, 0.3) is 0 Å². The number of nitrogens with two attached hydrogens (primary N) is 1. The minimum atomic E-state index is 0.202. The number of nitrogen functional groups attached to an aromatic ring is 1. The predicted octanol–water partition coefficient (Wildman–Crippen LogP) is 4.41. The Morgan fingerprint density at radius 3 is 2.59 bits per heavy atom. The maximum atomic E-state index is 5.87. The standard InChI is InChI=1S/C17H21N7S3/c1-3-9-25-16-23-24-17(27-16)26-10-13-20-14(18)22-15(21-13)19-12-8-6-5-7-11(12)4-2/h5-8H,3-4,9-10H2,1-2H3,(H3,18,19,20,21,22). The quantitative estimate of drug-likeness (QED) is 0.488. The highest BCUT2D eigenvalue weighted by molar-refractivity contribution is 8.02. The maximum absolute atomic E-state index is 5.87. The summed E-state index contributed by atoms with van der Waals surface area (Å²) in [6, 6.07) is 8.08. The Morgan fingerprint density at radius 2 is 1.81 bits per heavy atom. The van der Waals surface area contributed by atoms with Gasteiger partial charge in [0.1, 0.15) is 5.82 Å². The van der Waals surface area contributed by atoms with Gasteiger partial charge in [0.2, 0.25) is 11.9 Å². The van der Waals surface area contributed by atoms with Crippen LogP contribution in [-0.4, -0.2) is 30.9 Å². The molecule has 7 nitrogen and oxygen atoms in total. The molecule has 0 amide bonds. The van der Waals surface area contributed by atoms with Crippen LogP contribution in [-0.2, 0) is 12.2 Å². The van der Waals surface area contributed by atoms with Gasteiger partial charge in [-0.15, -0.1) is 10.2 Å². The number of anilines is 3. The lowest BCUT2D eigenvalue weighted by Gasteiger charge is -2.10. The summed E-state index contributed by atoms with van der Waals surface area (Å²) >= 11 is 4.88. The molecule has 0 fully saturated rings. The Kier molecular flexibility index (Phi) is 7.25. The van der Waals surface area contributed by atoms with Gasteiger partial charge < -0.3 is 11.1 Å². The number of nitrogens with one attached hydrogen (secondary N) is 1. The van der Waals surface area contributed by atoms with Crippen LogP contribution in [0, 0.1) is 0 Å². The fourth-order valence-corrected chi connectivity index (χ4v) is 5.06. The van der Waals surface area contributed by atoms with E-state index in [0.717, 1.165) is 33.0 Å². The lowest BCUT2D eigenvalue weighted by molar-refractivity contribution is 0.947. The molecule has 1 aromatic carbocycles. The molecule has 2 heterocycles. The monoisotopic (exact) mass is 419 g/mol. The molecule has 0 bridgehead atoms. The number of nitrogens with zero attached hydrogens (tertiary/aromatic N) is 5. The second-order valence-electron chi connectivity index (χ2n) is 5.54. The van der Waals surface area contributed by atoms with Gasteiger partial charge in [-0.3, -0.25) is 0 Å². The summed E-state index contributed by atoms with van der Waals surface area (Å²) in [5.74, 6) is 2.88. The van der Waals surface area contributed by atoms with Gasteiger partial charge in [-0.05, 0) is 24.5 Å². The molecular formula is C17H21N7S3. The van der Waals surface area contributed by atoms with Gasteiger partial charge in [-0.1, -0.05) is 66.9 Å². The van der Waals surface area contributed by atoms with E-state index in [4.69, 9.17) is 5.73 Å². The Bertz CT molecular complexity index is 884. The molecule has 0 saturated heterocycles. The zero-order chi connectivity index (χ0) is 19.1. The summed E-state index contributed by atoms with van der Waals surface area (Å²) < 4.78 is 1.89. The number of hydrogen-bond donors (Lipinski definition) is 2. The van der Waals surface area contributed by atoms with E-state index in [1.165, 1.54) is 5.56 Å². The minimum absolute atomic E-state index is 0.202. The summed E-state index contributed by atoms with van der Waals surface area (Å²) in [4.78, 5) is 12.9. The first kappa shape index (κ1) is 19.8. The fraction of sp³-hybridized carbons (Fsp3) is 0.353. The number of para-hydroxylation sites is 1. The molecule has 10 heteroatoms. The minimum Gasteiger partial charge on any atom is -0.368 e. The van der Waals surface area contributed by atoms with E-state index in [-0.39, 0.29) is 5.95 Å². The second kappa shape index (κ2) is 9.86. The average Bonchev–Trinajstić information content (AvgIpc) is 3.12. The van der Waals surface area contributed by atoms with Crippen LogP contribution in [0.5, 0.6) is 0 Å². The molecular weight excluding hydrogens is 398 g/mol. The molecule has 2 aromatic heterocycles. The molecule has 0 aliphatic carbocycles. The second-order valence-corrected chi connectivity index (χ2v) is 9.08. The zero-order valence-electron chi connectivity index (χ0n) is 15.2. The van der Waals surface area contributed by atoms with Crippen molar-refractivity contribution in [2.24, 2.45) is 0 Å². The van der Waals surface area contributed by atoms with Crippen molar-refractivity contribution in [3.8, 4) is 0 Å². The predicted molar refractivity (Wildman–Crippen MR) is 114 cm³/mol. The van der Waals surface area contributed by atoms with Gasteiger partial charge in [-0.25, -0.2) is 0 Å². The van der Waals surface area contributed by atoms with Crippen molar-refractivity contribution in [2.75, 3.05) is 16.8 Å². The smallest absolute Gasteiger partial charge is 0.232 e. The van der Waals surface area contributed by atoms with Gasteiger partial charge in [-0.2, -0.15) is 15.0 Å². The SMILES string of the molecule is CCCSc1nnc(SCc2nc(N)nc(Nc3ccccc3CC)n2)s1. The summed E-state index contributed by atoms with van der Waals surface area (Å²) in [7, 11) is 0. The molecule has 0 aliphatic rings. The Balaban J connectivity index is 1.67. The molecule has 0 radical (unpaired) electrons. The largest absolute Gasteiger partial charge is 0.368 e. The van der Waals surface area contributed by atoms with Gasteiger partial charge in [0.15, 0.2) is 8.68 Å². The van der Waals surface area contributed by atoms with Crippen molar-refractivity contribution in [1.29, 1.82) is 0 Å². The third-order valence-corrected chi connectivity index (χ3v) is 6.88. The lowest BCUT2D eigenvalue weighted by atomic mass is 10.1. The van der Waals surface area contributed by atoms with Crippen molar-refractivity contribution in [3.05, 3.63) is 35.7 Å². The Morgan fingerprint density at radius 1 is 1.04 bits per heavy atom. The molecule has 0 spiro atoms. The molecule has 142 valence electrons. The van der Waals surface area contributed by atoms with Crippen molar-refractivity contribution in [1.82, 2.24) is 25.1 Å². The number of aryl methyl sites for hydroxylation is 1. The Labute approximate surface area is 171 Å². The average molecular weight is 420 g/mol. The number of benzene rings is 1. The van der Waals surface area contributed by atoms with Crippen LogP contribution in [0.1, 0.15) is 31.7 Å². The lowest BCUT2D eigenvalue weighted by Crippen LogP contribution is -2.07. The van der Waals surface area contributed by atoms with Gasteiger partial charge in [0, 0.05) is 11.4 Å².